The highest BCUT2D eigenvalue weighted by atomic mass is 35.5. The van der Waals surface area contributed by atoms with Gasteiger partial charge in [-0.15, -0.1) is 0 Å². The highest BCUT2D eigenvalue weighted by Gasteiger charge is 2.37. The van der Waals surface area contributed by atoms with E-state index in [1.54, 1.807) is 14.2 Å². The van der Waals surface area contributed by atoms with Gasteiger partial charge in [0.1, 0.15) is 18.2 Å². The number of ether oxygens (including phenoxy) is 3. The van der Waals surface area contributed by atoms with Gasteiger partial charge in [-0.3, -0.25) is 0 Å². The summed E-state index contributed by atoms with van der Waals surface area (Å²) < 4.78 is 16.9. The molecular weight excluding hydrogens is 362 g/mol. The van der Waals surface area contributed by atoms with Gasteiger partial charge < -0.3 is 19.1 Å². The molecule has 0 radical (unpaired) electrons. The van der Waals surface area contributed by atoms with Crippen molar-refractivity contribution < 1.29 is 14.2 Å². The lowest BCUT2D eigenvalue weighted by atomic mass is 9.94. The van der Waals surface area contributed by atoms with Crippen LogP contribution >= 0.6 is 11.6 Å². The summed E-state index contributed by atoms with van der Waals surface area (Å²) in [6, 6.07) is 14.1. The highest BCUT2D eigenvalue weighted by Crippen LogP contribution is 2.40. The summed E-state index contributed by atoms with van der Waals surface area (Å²) >= 11 is 6.62. The van der Waals surface area contributed by atoms with E-state index in [9.17, 15) is 0 Å². The number of hydrogen-bond acceptors (Lipinski definition) is 4. The van der Waals surface area contributed by atoms with Crippen molar-refractivity contribution in [3.8, 4) is 11.5 Å². The zero-order chi connectivity index (χ0) is 18.8. The van der Waals surface area contributed by atoms with E-state index < -0.39 is 0 Å². The molecular formula is C22H21ClNO3+. The van der Waals surface area contributed by atoms with Crippen LogP contribution in [-0.2, 0) is 17.8 Å². The van der Waals surface area contributed by atoms with Crippen LogP contribution in [-0.4, -0.2) is 31.2 Å². The third-order valence-corrected chi connectivity index (χ3v) is 5.20. The van der Waals surface area contributed by atoms with E-state index in [4.69, 9.17) is 25.8 Å². The smallest absolute Gasteiger partial charge is 0.289 e. The maximum Gasteiger partial charge on any atom is 0.289 e. The molecule has 0 saturated heterocycles. The Balaban J connectivity index is 1.65. The number of methoxy groups -OCH3 is 2. The second-order valence-electron chi connectivity index (χ2n) is 6.46. The fraction of sp³-hybridized carbons (Fsp3) is 0.273. The summed E-state index contributed by atoms with van der Waals surface area (Å²) in [5, 5.41) is 0. The predicted octanol–water partition coefficient (Wildman–Crippen LogP) is 4.39. The average molecular weight is 383 g/mol. The Morgan fingerprint density at radius 1 is 1.11 bits per heavy atom. The molecule has 0 fully saturated rings. The minimum atomic E-state index is -0.270. The Bertz CT molecular complexity index is 892. The SMILES string of the molecule is COc1cc2c(cc1OC)C1=[C+]C(OCc3ccccc3)=CC(Cl)N1CC2. The van der Waals surface area contributed by atoms with Gasteiger partial charge >= 0.3 is 0 Å². The average Bonchev–Trinajstić information content (AvgIpc) is 2.71. The van der Waals surface area contributed by atoms with Crippen LogP contribution in [0, 0.1) is 6.08 Å². The first-order valence-electron chi connectivity index (χ1n) is 8.88. The number of fused-ring (bicyclic) bond motifs is 3. The van der Waals surface area contributed by atoms with E-state index >= 15 is 0 Å². The normalized spacial score (nSPS) is 17.7. The Labute approximate surface area is 164 Å². The molecule has 2 aromatic rings. The number of hydrogen-bond donors (Lipinski definition) is 0. The number of halogens is 1. The number of rotatable bonds is 5. The molecule has 0 aromatic heterocycles. The quantitative estimate of drug-likeness (QED) is 0.436. The van der Waals surface area contributed by atoms with Crippen LogP contribution < -0.4 is 9.47 Å². The zero-order valence-corrected chi connectivity index (χ0v) is 16.1. The third kappa shape index (κ3) is 3.46. The van der Waals surface area contributed by atoms with Crippen molar-refractivity contribution in [1.29, 1.82) is 0 Å². The Kier molecular flexibility index (Phi) is 4.93. The van der Waals surface area contributed by atoms with Gasteiger partial charge in [-0.1, -0.05) is 41.9 Å². The fourth-order valence-electron chi connectivity index (χ4n) is 3.43. The zero-order valence-electron chi connectivity index (χ0n) is 15.4. The van der Waals surface area contributed by atoms with Gasteiger partial charge in [-0.2, -0.15) is 0 Å². The minimum Gasteiger partial charge on any atom is -0.493 e. The standard InChI is InChI=1S/C22H21ClNO3/c1-25-20-10-16-8-9-24-19(18(16)13-21(20)26-2)11-17(12-22(24)23)27-14-15-6-4-3-5-7-15/h3-7,10,12-13,22H,8-9,14H2,1-2H3/q+1. The van der Waals surface area contributed by atoms with Gasteiger partial charge in [-0.25, -0.2) is 0 Å². The molecule has 1 unspecified atom stereocenters. The molecule has 4 nitrogen and oxygen atoms in total. The number of benzene rings is 2. The molecule has 0 saturated carbocycles. The van der Waals surface area contributed by atoms with Crippen LogP contribution in [0.4, 0.5) is 0 Å². The lowest BCUT2D eigenvalue weighted by molar-refractivity contribution is 0.201. The van der Waals surface area contributed by atoms with Crippen LogP contribution in [0.1, 0.15) is 16.7 Å². The molecule has 0 amide bonds. The largest absolute Gasteiger partial charge is 0.493 e. The minimum absolute atomic E-state index is 0.270. The van der Waals surface area contributed by atoms with E-state index in [1.165, 1.54) is 5.56 Å². The molecule has 138 valence electrons. The van der Waals surface area contributed by atoms with Crippen LogP contribution in [0.2, 0.25) is 0 Å². The molecule has 0 spiro atoms. The molecule has 2 aliphatic rings. The molecule has 27 heavy (non-hydrogen) atoms. The summed E-state index contributed by atoms with van der Waals surface area (Å²) in [5.41, 5.74) is 4.02. The molecule has 4 rings (SSSR count). The van der Waals surface area contributed by atoms with Crippen molar-refractivity contribution in [2.45, 2.75) is 18.5 Å². The van der Waals surface area contributed by atoms with E-state index in [0.29, 0.717) is 18.1 Å². The van der Waals surface area contributed by atoms with Gasteiger partial charge in [0.25, 0.3) is 5.76 Å². The van der Waals surface area contributed by atoms with Gasteiger partial charge in [0, 0.05) is 30.7 Å². The lowest BCUT2D eigenvalue weighted by Gasteiger charge is -2.31. The number of allylic oxidation sites excluding steroid dienone is 1. The first kappa shape index (κ1) is 17.7. The van der Waals surface area contributed by atoms with E-state index in [2.05, 4.69) is 11.0 Å². The molecule has 5 heteroatoms. The fourth-order valence-corrected chi connectivity index (χ4v) is 3.74. The predicted molar refractivity (Wildman–Crippen MR) is 106 cm³/mol. The molecule has 2 aromatic carbocycles. The molecule has 1 atom stereocenters. The first-order valence-corrected chi connectivity index (χ1v) is 9.31. The van der Waals surface area contributed by atoms with Crippen molar-refractivity contribution in [3.63, 3.8) is 0 Å². The van der Waals surface area contributed by atoms with E-state index in [1.807, 2.05) is 48.5 Å². The van der Waals surface area contributed by atoms with Crippen LogP contribution in [0.5, 0.6) is 11.5 Å². The molecule has 2 heterocycles. The maximum atomic E-state index is 6.62. The van der Waals surface area contributed by atoms with Gasteiger partial charge in [0.2, 0.25) is 5.70 Å². The molecule has 0 N–H and O–H groups in total. The topological polar surface area (TPSA) is 30.9 Å². The van der Waals surface area contributed by atoms with Crippen molar-refractivity contribution in [3.05, 3.63) is 77.1 Å². The van der Waals surface area contributed by atoms with Crippen LogP contribution in [0.15, 0.2) is 54.3 Å². The van der Waals surface area contributed by atoms with Gasteiger partial charge in [0.15, 0.2) is 17.0 Å². The Morgan fingerprint density at radius 2 is 1.85 bits per heavy atom. The molecule has 0 aliphatic carbocycles. The summed E-state index contributed by atoms with van der Waals surface area (Å²) in [7, 11) is 3.29. The van der Waals surface area contributed by atoms with Crippen molar-refractivity contribution >= 4 is 17.3 Å². The van der Waals surface area contributed by atoms with Crippen molar-refractivity contribution in [2.24, 2.45) is 0 Å². The molecule has 0 bridgehead atoms. The summed E-state index contributed by atoms with van der Waals surface area (Å²) in [4.78, 5) is 2.13. The first-order chi connectivity index (χ1) is 13.2. The second-order valence-corrected chi connectivity index (χ2v) is 6.91. The van der Waals surface area contributed by atoms with Crippen molar-refractivity contribution in [2.75, 3.05) is 20.8 Å². The maximum absolute atomic E-state index is 6.62. The number of alkyl halides is 1. The van der Waals surface area contributed by atoms with Crippen LogP contribution in [0.25, 0.3) is 5.70 Å². The summed E-state index contributed by atoms with van der Waals surface area (Å²) in [6.07, 6.45) is 6.19. The third-order valence-electron chi connectivity index (χ3n) is 4.84. The van der Waals surface area contributed by atoms with Crippen LogP contribution in [0.3, 0.4) is 0 Å². The molecule has 2 aliphatic heterocycles. The highest BCUT2D eigenvalue weighted by molar-refractivity contribution is 6.22. The monoisotopic (exact) mass is 382 g/mol. The summed E-state index contributed by atoms with van der Waals surface area (Å²) in [6.45, 7) is 1.30. The Morgan fingerprint density at radius 3 is 2.59 bits per heavy atom. The van der Waals surface area contributed by atoms with E-state index in [0.717, 1.165) is 35.5 Å². The Hall–Kier alpha value is -2.68. The number of nitrogens with zero attached hydrogens (tertiary/aromatic N) is 1. The second kappa shape index (κ2) is 7.51. The van der Waals surface area contributed by atoms with Gasteiger partial charge in [-0.05, 0) is 5.56 Å². The van der Waals surface area contributed by atoms with Gasteiger partial charge in [0.05, 0.1) is 20.3 Å². The summed E-state index contributed by atoms with van der Waals surface area (Å²) in [5.74, 6) is 2.09. The lowest BCUT2D eigenvalue weighted by Crippen LogP contribution is -2.36. The van der Waals surface area contributed by atoms with E-state index in [-0.39, 0.29) is 5.50 Å². The van der Waals surface area contributed by atoms with Crippen molar-refractivity contribution in [1.82, 2.24) is 4.90 Å².